The highest BCUT2D eigenvalue weighted by molar-refractivity contribution is 6.39. The number of hydrogen-bond donors (Lipinski definition) is 1. The largest absolute Gasteiger partial charge is 0.495 e. The molecule has 10 nitrogen and oxygen atoms in total. The zero-order valence-corrected chi connectivity index (χ0v) is 13.9. The van der Waals surface area contributed by atoms with Gasteiger partial charge >= 0.3 is 11.8 Å². The van der Waals surface area contributed by atoms with Gasteiger partial charge in [0.05, 0.1) is 17.7 Å². The number of hydrogen-bond acceptors (Lipinski definition) is 6. The SMILES string of the molecule is COc1ccc([N+](=O)[O-])cc1NC(=O)C(=O)N1CCN(C(C)=O)CC1. The molecule has 0 atom stereocenters. The highest BCUT2D eigenvalue weighted by Crippen LogP contribution is 2.28. The van der Waals surface area contributed by atoms with Crippen molar-refractivity contribution in [3.8, 4) is 5.75 Å². The molecule has 0 aliphatic carbocycles. The van der Waals surface area contributed by atoms with E-state index >= 15 is 0 Å². The van der Waals surface area contributed by atoms with E-state index in [4.69, 9.17) is 4.74 Å². The van der Waals surface area contributed by atoms with Gasteiger partial charge in [-0.05, 0) is 6.07 Å². The molecule has 0 unspecified atom stereocenters. The van der Waals surface area contributed by atoms with Crippen molar-refractivity contribution in [2.75, 3.05) is 38.6 Å². The summed E-state index contributed by atoms with van der Waals surface area (Å²) in [6, 6.07) is 3.69. The molecular formula is C15H18N4O6. The second kappa shape index (κ2) is 7.60. The smallest absolute Gasteiger partial charge is 0.314 e. The molecule has 1 N–H and O–H groups in total. The van der Waals surface area contributed by atoms with Gasteiger partial charge in [0.15, 0.2) is 0 Å². The summed E-state index contributed by atoms with van der Waals surface area (Å²) >= 11 is 0. The van der Waals surface area contributed by atoms with E-state index in [2.05, 4.69) is 5.32 Å². The van der Waals surface area contributed by atoms with Gasteiger partial charge in [-0.15, -0.1) is 0 Å². The Morgan fingerprint density at radius 1 is 1.16 bits per heavy atom. The number of methoxy groups -OCH3 is 1. The summed E-state index contributed by atoms with van der Waals surface area (Å²) in [5.41, 5.74) is -0.198. The summed E-state index contributed by atoms with van der Waals surface area (Å²) in [5.74, 6) is -1.57. The number of benzene rings is 1. The Morgan fingerprint density at radius 2 is 1.76 bits per heavy atom. The Hall–Kier alpha value is -3.17. The van der Waals surface area contributed by atoms with E-state index in [1.165, 1.54) is 31.1 Å². The Labute approximate surface area is 143 Å². The van der Waals surface area contributed by atoms with Gasteiger partial charge in [-0.25, -0.2) is 0 Å². The lowest BCUT2D eigenvalue weighted by atomic mass is 10.2. The zero-order chi connectivity index (χ0) is 18.6. The average Bonchev–Trinajstić information content (AvgIpc) is 2.60. The van der Waals surface area contributed by atoms with E-state index in [0.29, 0.717) is 13.1 Å². The Morgan fingerprint density at radius 3 is 2.28 bits per heavy atom. The first-order chi connectivity index (χ1) is 11.8. The van der Waals surface area contributed by atoms with Gasteiger partial charge in [-0.2, -0.15) is 0 Å². The second-order valence-corrected chi connectivity index (χ2v) is 5.39. The maximum absolute atomic E-state index is 12.2. The van der Waals surface area contributed by atoms with E-state index < -0.39 is 16.7 Å². The molecule has 0 bridgehead atoms. The molecule has 2 rings (SSSR count). The van der Waals surface area contributed by atoms with Crippen LogP contribution in [0.25, 0.3) is 0 Å². The summed E-state index contributed by atoms with van der Waals surface area (Å²) in [6.45, 7) is 2.65. The Kier molecular flexibility index (Phi) is 5.52. The molecule has 0 radical (unpaired) electrons. The number of amides is 3. The number of nitrogens with one attached hydrogen (secondary N) is 1. The third-order valence-electron chi connectivity index (χ3n) is 3.85. The van der Waals surface area contributed by atoms with Crippen LogP contribution >= 0.6 is 0 Å². The fourth-order valence-corrected chi connectivity index (χ4v) is 2.45. The van der Waals surface area contributed by atoms with Crippen LogP contribution in [0.3, 0.4) is 0 Å². The predicted molar refractivity (Wildman–Crippen MR) is 87.1 cm³/mol. The molecule has 1 aliphatic rings. The van der Waals surface area contributed by atoms with E-state index in [1.807, 2.05) is 0 Å². The lowest BCUT2D eigenvalue weighted by Gasteiger charge is -2.33. The van der Waals surface area contributed by atoms with Crippen molar-refractivity contribution in [3.63, 3.8) is 0 Å². The standard InChI is InChI=1S/C15H18N4O6/c1-10(20)17-5-7-18(8-6-17)15(22)14(21)16-12-9-11(19(23)24)3-4-13(12)25-2/h3-4,9H,5-8H2,1-2H3,(H,16,21). The fourth-order valence-electron chi connectivity index (χ4n) is 2.45. The molecule has 0 spiro atoms. The number of non-ortho nitro benzene ring substituents is 1. The summed E-state index contributed by atoms with van der Waals surface area (Å²) in [7, 11) is 1.35. The minimum atomic E-state index is -0.921. The molecule has 134 valence electrons. The van der Waals surface area contributed by atoms with Crippen molar-refractivity contribution in [1.82, 2.24) is 9.80 Å². The molecule has 1 saturated heterocycles. The molecule has 1 aliphatic heterocycles. The molecule has 1 aromatic rings. The van der Waals surface area contributed by atoms with Gasteiger partial charge < -0.3 is 19.9 Å². The van der Waals surface area contributed by atoms with E-state index in [0.717, 1.165) is 6.07 Å². The number of nitrogens with zero attached hydrogens (tertiary/aromatic N) is 3. The van der Waals surface area contributed by atoms with E-state index in [1.54, 1.807) is 4.90 Å². The molecule has 0 saturated carbocycles. The van der Waals surface area contributed by atoms with Crippen molar-refractivity contribution in [2.24, 2.45) is 0 Å². The number of nitro groups is 1. The predicted octanol–water partition coefficient (Wildman–Crippen LogP) is 0.233. The topological polar surface area (TPSA) is 122 Å². The van der Waals surface area contributed by atoms with Crippen molar-refractivity contribution < 1.29 is 24.0 Å². The molecule has 25 heavy (non-hydrogen) atoms. The van der Waals surface area contributed by atoms with Gasteiger partial charge in [-0.3, -0.25) is 24.5 Å². The number of ether oxygens (including phenoxy) is 1. The summed E-state index contributed by atoms with van der Waals surface area (Å²) in [5, 5.41) is 13.2. The molecule has 1 fully saturated rings. The number of nitro benzene ring substituents is 1. The maximum Gasteiger partial charge on any atom is 0.314 e. The van der Waals surface area contributed by atoms with Crippen LogP contribution in [-0.2, 0) is 14.4 Å². The highest BCUT2D eigenvalue weighted by Gasteiger charge is 2.27. The molecular weight excluding hydrogens is 332 g/mol. The third kappa shape index (κ3) is 4.22. The number of carbonyl (C=O) groups excluding carboxylic acids is 3. The van der Waals surface area contributed by atoms with Crippen LogP contribution in [0.4, 0.5) is 11.4 Å². The second-order valence-electron chi connectivity index (χ2n) is 5.39. The van der Waals surface area contributed by atoms with Crippen LogP contribution in [0.1, 0.15) is 6.92 Å². The minimum absolute atomic E-state index is 0.0393. The number of piperazine rings is 1. The highest BCUT2D eigenvalue weighted by atomic mass is 16.6. The Bertz CT molecular complexity index is 712. The molecule has 0 aromatic heterocycles. The summed E-state index contributed by atoms with van der Waals surface area (Å²) in [6.07, 6.45) is 0. The van der Waals surface area contributed by atoms with Gasteiger partial charge in [0, 0.05) is 45.2 Å². The number of rotatable bonds is 3. The quantitative estimate of drug-likeness (QED) is 0.473. The monoisotopic (exact) mass is 350 g/mol. The molecule has 3 amide bonds. The van der Waals surface area contributed by atoms with Crippen LogP contribution < -0.4 is 10.1 Å². The maximum atomic E-state index is 12.2. The first-order valence-electron chi connectivity index (χ1n) is 7.51. The lowest BCUT2D eigenvalue weighted by molar-refractivity contribution is -0.384. The third-order valence-corrected chi connectivity index (χ3v) is 3.85. The summed E-state index contributed by atoms with van der Waals surface area (Å²) < 4.78 is 5.04. The lowest BCUT2D eigenvalue weighted by Crippen LogP contribution is -2.52. The van der Waals surface area contributed by atoms with Crippen LogP contribution in [0.2, 0.25) is 0 Å². The van der Waals surface area contributed by atoms with E-state index in [9.17, 15) is 24.5 Å². The molecule has 1 heterocycles. The van der Waals surface area contributed by atoms with Crippen LogP contribution in [-0.4, -0.2) is 65.7 Å². The number of anilines is 1. The van der Waals surface area contributed by atoms with Crippen molar-refractivity contribution in [1.29, 1.82) is 0 Å². The fraction of sp³-hybridized carbons (Fsp3) is 0.400. The molecule has 10 heteroatoms. The van der Waals surface area contributed by atoms with Crippen molar-refractivity contribution in [3.05, 3.63) is 28.3 Å². The van der Waals surface area contributed by atoms with Gasteiger partial charge in [0.1, 0.15) is 5.75 Å². The van der Waals surface area contributed by atoms with Gasteiger partial charge in [-0.1, -0.05) is 0 Å². The zero-order valence-electron chi connectivity index (χ0n) is 13.9. The normalized spacial score (nSPS) is 14.0. The summed E-state index contributed by atoms with van der Waals surface area (Å²) in [4.78, 5) is 48.8. The Balaban J connectivity index is 2.06. The van der Waals surface area contributed by atoms with Crippen LogP contribution in [0, 0.1) is 10.1 Å². The van der Waals surface area contributed by atoms with Crippen LogP contribution in [0.15, 0.2) is 18.2 Å². The number of carbonyl (C=O) groups is 3. The van der Waals surface area contributed by atoms with Gasteiger partial charge in [0.2, 0.25) is 5.91 Å². The van der Waals surface area contributed by atoms with Gasteiger partial charge in [0.25, 0.3) is 5.69 Å². The van der Waals surface area contributed by atoms with E-state index in [-0.39, 0.29) is 36.1 Å². The first-order valence-corrected chi connectivity index (χ1v) is 7.51. The van der Waals surface area contributed by atoms with Crippen LogP contribution in [0.5, 0.6) is 5.75 Å². The minimum Gasteiger partial charge on any atom is -0.495 e. The molecule has 1 aromatic carbocycles. The van der Waals surface area contributed by atoms with Crippen molar-refractivity contribution >= 4 is 29.1 Å². The average molecular weight is 350 g/mol. The van der Waals surface area contributed by atoms with Crippen molar-refractivity contribution in [2.45, 2.75) is 6.92 Å². The first kappa shape index (κ1) is 18.2.